The van der Waals surface area contributed by atoms with Crippen molar-refractivity contribution in [2.24, 2.45) is 0 Å². The molecule has 5 rings (SSSR count). The van der Waals surface area contributed by atoms with E-state index in [4.69, 9.17) is 18.9 Å². The molecule has 0 amide bonds. The van der Waals surface area contributed by atoms with Gasteiger partial charge in [-0.15, -0.1) is 0 Å². The Morgan fingerprint density at radius 1 is 1.10 bits per heavy atom. The lowest BCUT2D eigenvalue weighted by atomic mass is 9.74. The number of carbonyl (C=O) groups is 1. The minimum Gasteiger partial charge on any atom is -0.493 e. The van der Waals surface area contributed by atoms with Crippen LogP contribution in [0.3, 0.4) is 0 Å². The van der Waals surface area contributed by atoms with Gasteiger partial charge in [0.05, 0.1) is 31.3 Å². The second-order valence-corrected chi connectivity index (χ2v) is 8.34. The van der Waals surface area contributed by atoms with Gasteiger partial charge in [0.25, 0.3) is 0 Å². The Hall–Kier alpha value is -2.95. The van der Waals surface area contributed by atoms with Crippen molar-refractivity contribution >= 4 is 11.9 Å². The van der Waals surface area contributed by atoms with E-state index < -0.39 is 0 Å². The van der Waals surface area contributed by atoms with Crippen LogP contribution in [0.25, 0.3) is 6.08 Å². The normalized spacial score (nSPS) is 23.0. The van der Waals surface area contributed by atoms with E-state index in [1.165, 1.54) is 0 Å². The van der Waals surface area contributed by atoms with Gasteiger partial charge < -0.3 is 18.9 Å². The molecule has 0 aromatic heterocycles. The van der Waals surface area contributed by atoms with E-state index >= 15 is 0 Å². The molecule has 0 saturated heterocycles. The number of hydrogen-bond donors (Lipinski definition) is 0. The molecular formula is C24H24O5. The lowest BCUT2D eigenvalue weighted by Crippen LogP contribution is -2.40. The monoisotopic (exact) mass is 392 g/mol. The van der Waals surface area contributed by atoms with Crippen LogP contribution in [0, 0.1) is 0 Å². The van der Waals surface area contributed by atoms with E-state index in [9.17, 15) is 4.79 Å². The molecule has 0 bridgehead atoms. The van der Waals surface area contributed by atoms with Crippen LogP contribution >= 0.6 is 0 Å². The van der Waals surface area contributed by atoms with Gasteiger partial charge in [-0.1, -0.05) is 0 Å². The van der Waals surface area contributed by atoms with Gasteiger partial charge in [0, 0.05) is 0 Å². The number of benzene rings is 2. The van der Waals surface area contributed by atoms with Gasteiger partial charge in [-0.3, -0.25) is 4.79 Å². The van der Waals surface area contributed by atoms with E-state index in [-0.39, 0.29) is 23.4 Å². The molecule has 29 heavy (non-hydrogen) atoms. The van der Waals surface area contributed by atoms with Crippen LogP contribution in [-0.2, 0) is 6.42 Å². The van der Waals surface area contributed by atoms with Gasteiger partial charge >= 0.3 is 0 Å². The fraction of sp³-hybridized carbons (Fsp3) is 0.375. The lowest BCUT2D eigenvalue weighted by molar-refractivity contribution is 0.0743. The highest BCUT2D eigenvalue weighted by Gasteiger charge is 2.43. The van der Waals surface area contributed by atoms with E-state index in [1.54, 1.807) is 14.2 Å². The molecule has 2 aliphatic heterocycles. The fourth-order valence-electron chi connectivity index (χ4n) is 4.61. The summed E-state index contributed by atoms with van der Waals surface area (Å²) in [6, 6.07) is 7.62. The molecule has 2 aromatic rings. The Labute approximate surface area is 170 Å². The molecule has 1 aliphatic carbocycles. The van der Waals surface area contributed by atoms with Crippen LogP contribution in [0.2, 0.25) is 0 Å². The van der Waals surface area contributed by atoms with E-state index in [2.05, 4.69) is 0 Å². The minimum absolute atomic E-state index is 0.0884. The van der Waals surface area contributed by atoms with Crippen molar-refractivity contribution in [3.05, 3.63) is 52.6 Å². The molecule has 0 N–H and O–H groups in total. The van der Waals surface area contributed by atoms with Gasteiger partial charge in [0.15, 0.2) is 17.3 Å². The van der Waals surface area contributed by atoms with Crippen LogP contribution in [0.15, 0.2) is 30.3 Å². The molecule has 2 atom stereocenters. The SMILES string of the molecule is COc1cc2c(cc1OC)[C@@H]1C(=O)c3ccc4c(c3O[C@@H]1CC2)C=CC(C)(C)O4. The zero-order valence-electron chi connectivity index (χ0n) is 17.1. The number of rotatable bonds is 2. The number of aryl methyl sites for hydroxylation is 1. The van der Waals surface area contributed by atoms with Crippen LogP contribution in [0.5, 0.6) is 23.0 Å². The summed E-state index contributed by atoms with van der Waals surface area (Å²) in [5.41, 5.74) is 3.18. The van der Waals surface area contributed by atoms with Gasteiger partial charge in [-0.25, -0.2) is 0 Å². The highest BCUT2D eigenvalue weighted by atomic mass is 16.5. The summed E-state index contributed by atoms with van der Waals surface area (Å²) in [6.45, 7) is 4.02. The first-order valence-corrected chi connectivity index (χ1v) is 9.93. The molecular weight excluding hydrogens is 368 g/mol. The molecule has 3 aliphatic rings. The molecule has 2 heterocycles. The molecule has 0 spiro atoms. The number of Topliss-reactive ketones (excluding diaryl/α,β-unsaturated/α-hetero) is 1. The van der Waals surface area contributed by atoms with Crippen LogP contribution in [0.1, 0.15) is 53.2 Å². The highest BCUT2D eigenvalue weighted by molar-refractivity contribution is 6.06. The number of ether oxygens (including phenoxy) is 4. The first kappa shape index (κ1) is 18.1. The average Bonchev–Trinajstić information content (AvgIpc) is 2.71. The van der Waals surface area contributed by atoms with Crippen molar-refractivity contribution in [2.75, 3.05) is 14.2 Å². The zero-order valence-corrected chi connectivity index (χ0v) is 17.1. The third-order valence-corrected chi connectivity index (χ3v) is 6.05. The Bertz CT molecular complexity index is 1050. The largest absolute Gasteiger partial charge is 0.493 e. The fourth-order valence-corrected chi connectivity index (χ4v) is 4.61. The van der Waals surface area contributed by atoms with Crippen LogP contribution < -0.4 is 18.9 Å². The maximum absolute atomic E-state index is 13.6. The first-order chi connectivity index (χ1) is 13.9. The maximum atomic E-state index is 13.6. The summed E-state index contributed by atoms with van der Waals surface area (Å²) >= 11 is 0. The van der Waals surface area contributed by atoms with Crippen molar-refractivity contribution in [1.82, 2.24) is 0 Å². The van der Waals surface area contributed by atoms with E-state index in [0.717, 1.165) is 35.3 Å². The molecule has 150 valence electrons. The Kier molecular flexibility index (Phi) is 3.92. The van der Waals surface area contributed by atoms with Gasteiger partial charge in [-0.05, 0) is 74.2 Å². The Morgan fingerprint density at radius 2 is 1.86 bits per heavy atom. The third kappa shape index (κ3) is 2.71. The predicted molar refractivity (Wildman–Crippen MR) is 110 cm³/mol. The van der Waals surface area contributed by atoms with Crippen molar-refractivity contribution in [1.29, 1.82) is 0 Å². The molecule has 5 heteroatoms. The first-order valence-electron chi connectivity index (χ1n) is 9.93. The maximum Gasteiger partial charge on any atom is 0.177 e. The van der Waals surface area contributed by atoms with Gasteiger partial charge in [0.1, 0.15) is 23.2 Å². The second-order valence-electron chi connectivity index (χ2n) is 8.34. The number of methoxy groups -OCH3 is 2. The quantitative estimate of drug-likeness (QED) is 0.750. The lowest BCUT2D eigenvalue weighted by Gasteiger charge is -2.39. The van der Waals surface area contributed by atoms with Crippen molar-refractivity contribution in [3.8, 4) is 23.0 Å². The summed E-state index contributed by atoms with van der Waals surface area (Å²) in [4.78, 5) is 13.6. The molecule has 0 unspecified atom stereocenters. The molecule has 0 saturated carbocycles. The molecule has 0 radical (unpaired) electrons. The van der Waals surface area contributed by atoms with Crippen molar-refractivity contribution < 1.29 is 23.7 Å². The highest BCUT2D eigenvalue weighted by Crippen LogP contribution is 2.49. The standard InChI is InChI=1S/C24H24O5/c1-24(2)10-9-14-17(29-24)8-6-15-22(25)21-16-12-20(27-4)19(26-3)11-13(16)5-7-18(21)28-23(14)15/h6,8-12,18,21H,5,7H2,1-4H3/t18-,21+/m1/s1. The third-order valence-electron chi connectivity index (χ3n) is 6.05. The molecule has 5 nitrogen and oxygen atoms in total. The summed E-state index contributed by atoms with van der Waals surface area (Å²) in [6.07, 6.45) is 5.42. The topological polar surface area (TPSA) is 54.0 Å². The average molecular weight is 392 g/mol. The Balaban J connectivity index is 1.61. The Morgan fingerprint density at radius 3 is 2.62 bits per heavy atom. The smallest absolute Gasteiger partial charge is 0.177 e. The van der Waals surface area contributed by atoms with Gasteiger partial charge in [0.2, 0.25) is 0 Å². The predicted octanol–water partition coefficient (Wildman–Crippen LogP) is 4.56. The number of carbonyl (C=O) groups excluding carboxylic acids is 1. The molecule has 2 aromatic carbocycles. The van der Waals surface area contributed by atoms with Crippen LogP contribution in [0.4, 0.5) is 0 Å². The summed E-state index contributed by atoms with van der Waals surface area (Å²) in [5.74, 6) is 2.47. The number of fused-ring (bicyclic) bond motifs is 6. The van der Waals surface area contributed by atoms with Gasteiger partial charge in [-0.2, -0.15) is 0 Å². The summed E-state index contributed by atoms with van der Waals surface area (Å²) in [5, 5.41) is 0. The van der Waals surface area contributed by atoms with E-state index in [0.29, 0.717) is 22.8 Å². The number of ketones is 1. The minimum atomic E-state index is -0.373. The van der Waals surface area contributed by atoms with Crippen molar-refractivity contribution in [3.63, 3.8) is 0 Å². The van der Waals surface area contributed by atoms with Crippen LogP contribution in [-0.4, -0.2) is 31.7 Å². The summed E-state index contributed by atoms with van der Waals surface area (Å²) in [7, 11) is 3.24. The number of hydrogen-bond acceptors (Lipinski definition) is 5. The van der Waals surface area contributed by atoms with E-state index in [1.807, 2.05) is 50.3 Å². The second kappa shape index (κ2) is 6.28. The van der Waals surface area contributed by atoms with Crippen molar-refractivity contribution in [2.45, 2.75) is 44.3 Å². The summed E-state index contributed by atoms with van der Waals surface area (Å²) < 4.78 is 23.4. The molecule has 0 fully saturated rings. The zero-order chi connectivity index (χ0) is 20.3.